The Morgan fingerprint density at radius 1 is 1.13 bits per heavy atom. The van der Waals surface area contributed by atoms with E-state index >= 15 is 0 Å². The number of aliphatic hydroxyl groups is 1. The number of furan rings is 1. The fourth-order valence-corrected chi connectivity index (χ4v) is 4.87. The summed E-state index contributed by atoms with van der Waals surface area (Å²) in [7, 11) is -3.17. The van der Waals surface area contributed by atoms with Crippen LogP contribution < -0.4 is 0 Å². The van der Waals surface area contributed by atoms with Gasteiger partial charge in [-0.2, -0.15) is 0 Å². The summed E-state index contributed by atoms with van der Waals surface area (Å²) in [5, 5.41) is 10.2. The van der Waals surface area contributed by atoms with E-state index in [0.717, 1.165) is 12.2 Å². The fourth-order valence-electron chi connectivity index (χ4n) is 3.04. The van der Waals surface area contributed by atoms with Crippen molar-refractivity contribution in [1.82, 2.24) is 4.90 Å². The topological polar surface area (TPSA) is 70.8 Å². The van der Waals surface area contributed by atoms with Crippen molar-refractivity contribution in [3.8, 4) is 0 Å². The molecular formula is C17H21NO4S. The molecule has 0 radical (unpaired) electrons. The zero-order valence-corrected chi connectivity index (χ0v) is 13.7. The maximum Gasteiger partial charge on any atom is 0.154 e. The largest absolute Gasteiger partial charge is 0.468 e. The minimum Gasteiger partial charge on any atom is -0.468 e. The number of sulfone groups is 1. The Labute approximate surface area is 136 Å². The molecular weight excluding hydrogens is 314 g/mol. The predicted octanol–water partition coefficient (Wildman–Crippen LogP) is 1.48. The van der Waals surface area contributed by atoms with Gasteiger partial charge in [-0.25, -0.2) is 8.42 Å². The van der Waals surface area contributed by atoms with E-state index in [1.165, 1.54) is 5.56 Å². The summed E-state index contributed by atoms with van der Waals surface area (Å²) in [5.41, 5.74) is 1.19. The van der Waals surface area contributed by atoms with Gasteiger partial charge in [0.2, 0.25) is 0 Å². The Hall–Kier alpha value is -1.63. The van der Waals surface area contributed by atoms with Crippen LogP contribution in [0.3, 0.4) is 0 Å². The molecule has 0 aliphatic carbocycles. The van der Waals surface area contributed by atoms with E-state index in [1.807, 2.05) is 47.4 Å². The highest BCUT2D eigenvalue weighted by atomic mass is 32.2. The molecule has 6 heteroatoms. The normalized spacial score (nSPS) is 23.4. The lowest BCUT2D eigenvalue weighted by atomic mass is 10.1. The molecule has 5 nitrogen and oxygen atoms in total. The van der Waals surface area contributed by atoms with Gasteiger partial charge in [0.05, 0.1) is 36.5 Å². The van der Waals surface area contributed by atoms with Crippen LogP contribution in [0.25, 0.3) is 0 Å². The lowest BCUT2D eigenvalue weighted by molar-refractivity contribution is 0.0744. The highest BCUT2D eigenvalue weighted by molar-refractivity contribution is 7.91. The van der Waals surface area contributed by atoms with Gasteiger partial charge in [-0.1, -0.05) is 30.3 Å². The molecule has 1 N–H and O–H groups in total. The Bertz CT molecular complexity index is 712. The van der Waals surface area contributed by atoms with E-state index in [4.69, 9.17) is 4.42 Å². The van der Waals surface area contributed by atoms with Crippen molar-refractivity contribution in [3.63, 3.8) is 0 Å². The average Bonchev–Trinajstić information content (AvgIpc) is 3.11. The molecule has 1 saturated heterocycles. The minimum atomic E-state index is -3.17. The fraction of sp³-hybridized carbons (Fsp3) is 0.412. The molecule has 0 amide bonds. The molecule has 3 rings (SSSR count). The van der Waals surface area contributed by atoms with Gasteiger partial charge in [0, 0.05) is 6.54 Å². The molecule has 2 aromatic rings. The number of benzene rings is 1. The highest BCUT2D eigenvalue weighted by Crippen LogP contribution is 2.21. The predicted molar refractivity (Wildman–Crippen MR) is 87.7 cm³/mol. The summed E-state index contributed by atoms with van der Waals surface area (Å²) < 4.78 is 29.0. The van der Waals surface area contributed by atoms with Crippen molar-refractivity contribution < 1.29 is 17.9 Å². The second-order valence-electron chi connectivity index (χ2n) is 6.00. The molecule has 2 atom stereocenters. The van der Waals surface area contributed by atoms with E-state index in [1.54, 1.807) is 6.26 Å². The molecule has 23 heavy (non-hydrogen) atoms. The van der Waals surface area contributed by atoms with Crippen LogP contribution in [0.1, 0.15) is 11.3 Å². The van der Waals surface area contributed by atoms with Crippen molar-refractivity contribution in [3.05, 3.63) is 60.1 Å². The number of hydrogen-bond acceptors (Lipinski definition) is 5. The van der Waals surface area contributed by atoms with E-state index in [0.29, 0.717) is 13.1 Å². The third-order valence-corrected chi connectivity index (χ3v) is 5.93. The van der Waals surface area contributed by atoms with Crippen molar-refractivity contribution in [2.24, 2.45) is 0 Å². The summed E-state index contributed by atoms with van der Waals surface area (Å²) in [6, 6.07) is 13.3. The minimum absolute atomic E-state index is 0.00364. The van der Waals surface area contributed by atoms with Gasteiger partial charge in [-0.3, -0.25) is 4.90 Å². The Balaban J connectivity index is 1.73. The second kappa shape index (κ2) is 6.86. The van der Waals surface area contributed by atoms with E-state index in [-0.39, 0.29) is 17.5 Å². The van der Waals surface area contributed by atoms with Crippen molar-refractivity contribution in [2.45, 2.75) is 25.1 Å². The van der Waals surface area contributed by atoms with Gasteiger partial charge in [0.1, 0.15) is 5.76 Å². The van der Waals surface area contributed by atoms with Crippen molar-refractivity contribution in [2.75, 3.05) is 18.1 Å². The lowest BCUT2D eigenvalue weighted by Crippen LogP contribution is -2.43. The summed E-state index contributed by atoms with van der Waals surface area (Å²) in [6.07, 6.45) is 1.56. The molecule has 1 aromatic carbocycles. The highest BCUT2D eigenvalue weighted by Gasteiger charge is 2.40. The summed E-state index contributed by atoms with van der Waals surface area (Å²) >= 11 is 0. The quantitative estimate of drug-likeness (QED) is 0.866. The van der Waals surface area contributed by atoms with E-state index < -0.39 is 15.9 Å². The Morgan fingerprint density at radius 3 is 2.52 bits per heavy atom. The summed E-state index contributed by atoms with van der Waals surface area (Å²) in [6.45, 7) is 1.17. The van der Waals surface area contributed by atoms with Crippen LogP contribution in [0.5, 0.6) is 0 Å². The third kappa shape index (κ3) is 4.22. The summed E-state index contributed by atoms with van der Waals surface area (Å²) in [5.74, 6) is 0.621. The van der Waals surface area contributed by atoms with Gasteiger partial charge in [0.15, 0.2) is 9.84 Å². The van der Waals surface area contributed by atoms with Crippen LogP contribution in [0, 0.1) is 0 Å². The number of aliphatic hydroxyl groups excluding tert-OH is 1. The second-order valence-corrected chi connectivity index (χ2v) is 8.15. The molecule has 2 unspecified atom stereocenters. The average molecular weight is 335 g/mol. The lowest BCUT2D eigenvalue weighted by Gasteiger charge is -2.29. The van der Waals surface area contributed by atoms with Crippen LogP contribution in [0.4, 0.5) is 0 Å². The number of hydrogen-bond donors (Lipinski definition) is 1. The van der Waals surface area contributed by atoms with Gasteiger partial charge in [0.25, 0.3) is 0 Å². The molecule has 0 spiro atoms. The zero-order chi connectivity index (χ0) is 16.3. The number of nitrogens with zero attached hydrogens (tertiary/aromatic N) is 1. The first kappa shape index (κ1) is 16.2. The monoisotopic (exact) mass is 335 g/mol. The molecule has 1 fully saturated rings. The van der Waals surface area contributed by atoms with Crippen molar-refractivity contribution in [1.29, 1.82) is 0 Å². The smallest absolute Gasteiger partial charge is 0.154 e. The van der Waals surface area contributed by atoms with Crippen LogP contribution in [-0.2, 0) is 22.8 Å². The maximum absolute atomic E-state index is 11.8. The van der Waals surface area contributed by atoms with Crippen molar-refractivity contribution >= 4 is 9.84 Å². The zero-order valence-electron chi connectivity index (χ0n) is 12.8. The Morgan fingerprint density at radius 2 is 1.91 bits per heavy atom. The first-order valence-electron chi connectivity index (χ1n) is 7.72. The van der Waals surface area contributed by atoms with Crippen LogP contribution in [0.2, 0.25) is 0 Å². The molecule has 124 valence electrons. The van der Waals surface area contributed by atoms with E-state index in [2.05, 4.69) is 0 Å². The molecule has 1 aliphatic rings. The van der Waals surface area contributed by atoms with Gasteiger partial charge in [-0.15, -0.1) is 0 Å². The molecule has 0 bridgehead atoms. The third-order valence-electron chi connectivity index (χ3n) is 4.23. The summed E-state index contributed by atoms with van der Waals surface area (Å²) in [4.78, 5) is 2.01. The first-order valence-corrected chi connectivity index (χ1v) is 9.54. The standard InChI is InChI=1S/C17H21NO4S/c19-17-13-23(20,21)12-16(17)18(11-15-7-4-10-22-15)9-8-14-5-2-1-3-6-14/h1-7,10,16-17,19H,8-9,11-13H2. The Kier molecular flexibility index (Phi) is 4.84. The van der Waals surface area contributed by atoms with Gasteiger partial charge < -0.3 is 9.52 Å². The first-order chi connectivity index (χ1) is 11.0. The molecule has 1 aliphatic heterocycles. The van der Waals surface area contributed by atoms with Crippen LogP contribution in [0.15, 0.2) is 53.1 Å². The number of rotatable bonds is 6. The maximum atomic E-state index is 11.8. The van der Waals surface area contributed by atoms with Crippen LogP contribution >= 0.6 is 0 Å². The molecule has 0 saturated carbocycles. The molecule has 1 aromatic heterocycles. The van der Waals surface area contributed by atoms with E-state index in [9.17, 15) is 13.5 Å². The van der Waals surface area contributed by atoms with Crippen LogP contribution in [-0.4, -0.2) is 48.6 Å². The SMILES string of the molecule is O=S1(=O)CC(O)C(N(CCc2ccccc2)Cc2ccco2)C1. The van der Waals surface area contributed by atoms with Gasteiger partial charge in [-0.05, 0) is 24.1 Å². The molecule has 2 heterocycles. The van der Waals surface area contributed by atoms with Gasteiger partial charge >= 0.3 is 0 Å².